The van der Waals surface area contributed by atoms with Gasteiger partial charge in [0.15, 0.2) is 22.2 Å². The van der Waals surface area contributed by atoms with Crippen LogP contribution in [0.2, 0.25) is 0 Å². The fourth-order valence-corrected chi connectivity index (χ4v) is 6.88. The molecule has 1 aromatic heterocycles. The third kappa shape index (κ3) is 6.73. The first kappa shape index (κ1) is 30.6. The number of anilines is 1. The first-order valence-corrected chi connectivity index (χ1v) is 15.7. The van der Waals surface area contributed by atoms with Crippen molar-refractivity contribution in [3.63, 3.8) is 0 Å². The lowest BCUT2D eigenvalue weighted by Gasteiger charge is -2.34. The van der Waals surface area contributed by atoms with Gasteiger partial charge in [-0.2, -0.15) is 0 Å². The average Bonchev–Trinajstić information content (AvgIpc) is 3.57. The fourth-order valence-electron chi connectivity index (χ4n) is 5.50. The summed E-state index contributed by atoms with van der Waals surface area (Å²) in [5, 5.41) is 13.7. The van der Waals surface area contributed by atoms with Crippen molar-refractivity contribution in [2.45, 2.75) is 57.7 Å². The van der Waals surface area contributed by atoms with E-state index in [0.717, 1.165) is 17.1 Å². The van der Waals surface area contributed by atoms with Crippen LogP contribution in [-0.4, -0.2) is 80.1 Å². The van der Waals surface area contributed by atoms with Crippen molar-refractivity contribution in [1.82, 2.24) is 15.0 Å². The lowest BCUT2D eigenvalue weighted by Crippen LogP contribution is -2.47. The van der Waals surface area contributed by atoms with E-state index in [1.807, 2.05) is 32.2 Å². The number of sulfonamides is 1. The molecular weight excluding hydrogens is 576 g/mol. The minimum Gasteiger partial charge on any atom is -0.488 e. The van der Waals surface area contributed by atoms with Gasteiger partial charge in [-0.15, -0.1) is 0 Å². The van der Waals surface area contributed by atoms with E-state index in [4.69, 9.17) is 18.7 Å². The standard InChI is InChI=1S/C30H38N4O8S/c1-18-13-34(19(2)16-35)29(36)12-23-11-24(32-43(37,38)30-20(3)31-42-21(30)4)7-9-25(23)41-28(18)15-33(5)14-22-6-8-26-27(10-22)40-17-39-26/h6-11,18-19,28,32,35H,12-17H2,1-5H3/t18-,19-,28-/m1/s1. The maximum atomic E-state index is 13.5. The second-order valence-corrected chi connectivity index (χ2v) is 13.0. The molecule has 12 nitrogen and oxygen atoms in total. The van der Waals surface area contributed by atoms with Crippen LogP contribution in [0, 0.1) is 19.8 Å². The van der Waals surface area contributed by atoms with E-state index < -0.39 is 16.1 Å². The molecule has 0 fully saturated rings. The Bertz CT molecular complexity index is 1570. The molecule has 2 N–H and O–H groups in total. The van der Waals surface area contributed by atoms with E-state index >= 15 is 0 Å². The maximum absolute atomic E-state index is 13.5. The van der Waals surface area contributed by atoms with Crippen LogP contribution in [0.4, 0.5) is 5.69 Å². The number of benzene rings is 2. The fraction of sp³-hybridized carbons (Fsp3) is 0.467. The molecule has 2 aromatic carbocycles. The van der Waals surface area contributed by atoms with Crippen molar-refractivity contribution in [1.29, 1.82) is 0 Å². The van der Waals surface area contributed by atoms with Crippen LogP contribution >= 0.6 is 0 Å². The van der Waals surface area contributed by atoms with Crippen molar-refractivity contribution in [2.24, 2.45) is 5.92 Å². The molecule has 0 saturated heterocycles. The van der Waals surface area contributed by atoms with Gasteiger partial charge in [-0.1, -0.05) is 18.1 Å². The number of amides is 1. The van der Waals surface area contributed by atoms with E-state index in [-0.39, 0.29) is 59.8 Å². The molecule has 5 rings (SSSR count). The van der Waals surface area contributed by atoms with Crippen LogP contribution in [0.5, 0.6) is 17.2 Å². The van der Waals surface area contributed by atoms with Gasteiger partial charge in [-0.3, -0.25) is 14.4 Å². The van der Waals surface area contributed by atoms with Crippen molar-refractivity contribution in [3.05, 3.63) is 59.0 Å². The van der Waals surface area contributed by atoms with Crippen molar-refractivity contribution in [3.8, 4) is 17.2 Å². The number of likely N-dealkylation sites (N-methyl/N-ethyl adjacent to an activating group) is 1. The van der Waals surface area contributed by atoms with E-state index in [0.29, 0.717) is 30.9 Å². The number of nitrogens with zero attached hydrogens (tertiary/aromatic N) is 3. The van der Waals surface area contributed by atoms with Gasteiger partial charge in [0.1, 0.15) is 17.5 Å². The Balaban J connectivity index is 1.41. The topological polar surface area (TPSA) is 144 Å². The molecule has 3 atom stereocenters. The number of carbonyl (C=O) groups is 1. The molecule has 43 heavy (non-hydrogen) atoms. The number of ether oxygens (including phenoxy) is 3. The summed E-state index contributed by atoms with van der Waals surface area (Å²) in [5.74, 6) is 1.87. The highest BCUT2D eigenvalue weighted by molar-refractivity contribution is 7.92. The number of fused-ring (bicyclic) bond motifs is 2. The Labute approximate surface area is 251 Å². The number of hydrogen-bond donors (Lipinski definition) is 2. The number of hydrogen-bond acceptors (Lipinski definition) is 10. The van der Waals surface area contributed by atoms with E-state index in [2.05, 4.69) is 14.8 Å². The molecule has 3 heterocycles. The van der Waals surface area contributed by atoms with Crippen molar-refractivity contribution in [2.75, 3.05) is 38.3 Å². The Kier molecular flexibility index (Phi) is 8.86. The second kappa shape index (κ2) is 12.4. The summed E-state index contributed by atoms with van der Waals surface area (Å²) >= 11 is 0. The largest absolute Gasteiger partial charge is 0.488 e. The van der Waals surface area contributed by atoms with Crippen molar-refractivity contribution < 1.29 is 37.1 Å². The average molecular weight is 615 g/mol. The van der Waals surface area contributed by atoms with Crippen LogP contribution in [-0.2, 0) is 27.8 Å². The molecule has 0 spiro atoms. The molecule has 232 valence electrons. The first-order valence-electron chi connectivity index (χ1n) is 14.2. The minimum atomic E-state index is -3.99. The zero-order valence-corrected chi connectivity index (χ0v) is 25.8. The molecule has 0 bridgehead atoms. The lowest BCUT2D eigenvalue weighted by atomic mass is 10.0. The van der Waals surface area contributed by atoms with E-state index in [9.17, 15) is 18.3 Å². The monoisotopic (exact) mass is 614 g/mol. The summed E-state index contributed by atoms with van der Waals surface area (Å²) in [4.78, 5) is 17.3. The van der Waals surface area contributed by atoms with Crippen LogP contribution < -0.4 is 18.9 Å². The molecule has 0 saturated carbocycles. The van der Waals surface area contributed by atoms with Crippen LogP contribution in [0.1, 0.15) is 36.4 Å². The summed E-state index contributed by atoms with van der Waals surface area (Å²) < 4.78 is 51.5. The Hall–Kier alpha value is -3.81. The van der Waals surface area contributed by atoms with Gasteiger partial charge in [0.05, 0.1) is 19.1 Å². The number of aryl methyl sites for hydroxylation is 2. The number of carbonyl (C=O) groups excluding carboxylic acids is 1. The minimum absolute atomic E-state index is 0.0208. The molecule has 2 aliphatic heterocycles. The Morgan fingerprint density at radius 1 is 1.14 bits per heavy atom. The first-order chi connectivity index (χ1) is 20.4. The highest BCUT2D eigenvalue weighted by atomic mass is 32.2. The molecule has 3 aromatic rings. The van der Waals surface area contributed by atoms with Gasteiger partial charge < -0.3 is 28.7 Å². The quantitative estimate of drug-likeness (QED) is 0.369. The highest BCUT2D eigenvalue weighted by Gasteiger charge is 2.32. The molecule has 1 amide bonds. The molecule has 0 unspecified atom stereocenters. The number of rotatable bonds is 9. The zero-order valence-electron chi connectivity index (χ0n) is 25.0. The van der Waals surface area contributed by atoms with E-state index in [1.54, 1.807) is 36.9 Å². The van der Waals surface area contributed by atoms with Gasteiger partial charge >= 0.3 is 0 Å². The van der Waals surface area contributed by atoms with Gasteiger partial charge in [0.2, 0.25) is 12.7 Å². The van der Waals surface area contributed by atoms with Gasteiger partial charge in [-0.05, 0) is 63.7 Å². The van der Waals surface area contributed by atoms with Crippen LogP contribution in [0.3, 0.4) is 0 Å². The van der Waals surface area contributed by atoms with E-state index in [1.165, 1.54) is 6.92 Å². The number of aliphatic hydroxyl groups is 1. The molecular formula is C30H38N4O8S. The summed E-state index contributed by atoms with van der Waals surface area (Å²) in [7, 11) is -1.99. The normalized spacial score (nSPS) is 19.3. The third-order valence-corrected chi connectivity index (χ3v) is 9.41. The maximum Gasteiger partial charge on any atom is 0.267 e. The number of aliphatic hydroxyl groups excluding tert-OH is 1. The lowest BCUT2D eigenvalue weighted by molar-refractivity contribution is -0.134. The van der Waals surface area contributed by atoms with Crippen LogP contribution in [0.25, 0.3) is 0 Å². The summed E-state index contributed by atoms with van der Waals surface area (Å²) in [6.45, 7) is 8.53. The number of aromatic nitrogens is 1. The second-order valence-electron chi connectivity index (χ2n) is 11.4. The van der Waals surface area contributed by atoms with Gasteiger partial charge in [0, 0.05) is 36.8 Å². The molecule has 13 heteroatoms. The SMILES string of the molecule is Cc1noc(C)c1S(=O)(=O)Nc1ccc2c(c1)CC(=O)N([C@H](C)CO)C[C@@H](C)[C@@H](CN(C)Cc1ccc3c(c1)OCO3)O2. The number of nitrogens with one attached hydrogen (secondary N) is 1. The smallest absolute Gasteiger partial charge is 0.267 e. The third-order valence-electron chi connectivity index (χ3n) is 7.79. The molecule has 0 aliphatic carbocycles. The van der Waals surface area contributed by atoms with Crippen molar-refractivity contribution >= 4 is 21.6 Å². The van der Waals surface area contributed by atoms with Crippen LogP contribution in [0.15, 0.2) is 45.8 Å². The predicted molar refractivity (Wildman–Crippen MR) is 158 cm³/mol. The molecule has 0 radical (unpaired) electrons. The van der Waals surface area contributed by atoms with Gasteiger partial charge in [0.25, 0.3) is 10.0 Å². The highest BCUT2D eigenvalue weighted by Crippen LogP contribution is 2.34. The summed E-state index contributed by atoms with van der Waals surface area (Å²) in [6.07, 6.45) is -0.338. The Morgan fingerprint density at radius 3 is 2.60 bits per heavy atom. The molecule has 2 aliphatic rings. The summed E-state index contributed by atoms with van der Waals surface area (Å²) in [5.41, 5.74) is 2.13. The summed E-state index contributed by atoms with van der Waals surface area (Å²) in [6, 6.07) is 10.4. The zero-order chi connectivity index (χ0) is 30.9. The van der Waals surface area contributed by atoms with Gasteiger partial charge in [-0.25, -0.2) is 8.42 Å². The predicted octanol–water partition coefficient (Wildman–Crippen LogP) is 3.10. The Morgan fingerprint density at radius 2 is 1.88 bits per heavy atom.